The number of rotatable bonds is 6. The minimum Gasteiger partial charge on any atom is -0.451 e. The molecule has 0 radical (unpaired) electrons. The van der Waals surface area contributed by atoms with E-state index >= 15 is 0 Å². The normalized spacial score (nSPS) is 10.7. The Morgan fingerprint density at radius 1 is 1.35 bits per heavy atom. The molecule has 1 aromatic carbocycles. The summed E-state index contributed by atoms with van der Waals surface area (Å²) in [6, 6.07) is 5.90. The predicted octanol–water partition coefficient (Wildman–Crippen LogP) is 2.74. The number of carbonyl (C=O) groups excluding carboxylic acids is 2. The van der Waals surface area contributed by atoms with Gasteiger partial charge in [-0.2, -0.15) is 0 Å². The van der Waals surface area contributed by atoms with Gasteiger partial charge in [-0.3, -0.25) is 14.9 Å². The minimum absolute atomic E-state index is 0.0386. The molecule has 0 saturated carbocycles. The number of benzene rings is 1. The van der Waals surface area contributed by atoms with Crippen molar-refractivity contribution < 1.29 is 19.2 Å². The first kappa shape index (κ1) is 16.9. The van der Waals surface area contributed by atoms with Gasteiger partial charge in [-0.05, 0) is 18.1 Å². The number of hydrogen-bond donors (Lipinski definition) is 1. The largest absolute Gasteiger partial charge is 0.451 e. The number of nitro groups is 1. The summed E-state index contributed by atoms with van der Waals surface area (Å²) in [6.07, 6.45) is 0. The van der Waals surface area contributed by atoms with E-state index in [0.717, 1.165) is 4.70 Å². The van der Waals surface area contributed by atoms with Gasteiger partial charge >= 0.3 is 5.97 Å². The minimum atomic E-state index is -0.617. The molecule has 0 aliphatic heterocycles. The van der Waals surface area contributed by atoms with Crippen molar-refractivity contribution in [3.63, 3.8) is 0 Å². The molecule has 0 aliphatic carbocycles. The average Bonchev–Trinajstić information content (AvgIpc) is 2.93. The van der Waals surface area contributed by atoms with E-state index in [0.29, 0.717) is 22.7 Å². The maximum Gasteiger partial charge on any atom is 0.348 e. The van der Waals surface area contributed by atoms with Crippen LogP contribution < -0.4 is 5.32 Å². The first-order valence-corrected chi connectivity index (χ1v) is 7.80. The van der Waals surface area contributed by atoms with Crippen LogP contribution in [0.4, 0.5) is 5.69 Å². The monoisotopic (exact) mass is 336 g/mol. The van der Waals surface area contributed by atoms with E-state index < -0.39 is 10.9 Å². The van der Waals surface area contributed by atoms with Crippen LogP contribution in [0.2, 0.25) is 0 Å². The Morgan fingerprint density at radius 3 is 2.74 bits per heavy atom. The van der Waals surface area contributed by atoms with Crippen LogP contribution >= 0.6 is 11.3 Å². The Labute approximate surface area is 136 Å². The number of esters is 1. The Balaban J connectivity index is 2.01. The van der Waals surface area contributed by atoms with E-state index in [2.05, 4.69) is 5.32 Å². The van der Waals surface area contributed by atoms with Crippen molar-refractivity contribution in [1.29, 1.82) is 0 Å². The van der Waals surface area contributed by atoms with Gasteiger partial charge in [-0.25, -0.2) is 4.79 Å². The summed E-state index contributed by atoms with van der Waals surface area (Å²) in [6.45, 7) is 4.09. The zero-order valence-electron chi connectivity index (χ0n) is 12.7. The highest BCUT2D eigenvalue weighted by Gasteiger charge is 2.15. The summed E-state index contributed by atoms with van der Waals surface area (Å²) in [5.41, 5.74) is -0.0386. The number of nitrogens with one attached hydrogen (secondary N) is 1. The van der Waals surface area contributed by atoms with Gasteiger partial charge in [0.2, 0.25) is 0 Å². The molecule has 0 unspecified atom stereocenters. The Kier molecular flexibility index (Phi) is 5.28. The first-order chi connectivity index (χ1) is 10.9. The van der Waals surface area contributed by atoms with Crippen LogP contribution in [0.15, 0.2) is 24.3 Å². The molecule has 1 heterocycles. The van der Waals surface area contributed by atoms with Gasteiger partial charge in [-0.15, -0.1) is 11.3 Å². The second kappa shape index (κ2) is 7.19. The summed E-state index contributed by atoms with van der Waals surface area (Å²) < 4.78 is 5.70. The van der Waals surface area contributed by atoms with Gasteiger partial charge < -0.3 is 10.1 Å². The fourth-order valence-corrected chi connectivity index (χ4v) is 2.75. The maximum absolute atomic E-state index is 12.0. The number of ether oxygens (including phenoxy) is 1. The van der Waals surface area contributed by atoms with E-state index in [1.807, 2.05) is 13.8 Å². The van der Waals surface area contributed by atoms with Crippen LogP contribution in [0.5, 0.6) is 0 Å². The number of carbonyl (C=O) groups is 2. The molecule has 2 aromatic rings. The summed E-state index contributed by atoms with van der Waals surface area (Å²) >= 11 is 1.17. The van der Waals surface area contributed by atoms with E-state index in [9.17, 15) is 19.7 Å². The van der Waals surface area contributed by atoms with E-state index in [1.54, 1.807) is 6.07 Å². The molecule has 0 atom stereocenters. The van der Waals surface area contributed by atoms with E-state index in [4.69, 9.17) is 4.74 Å². The van der Waals surface area contributed by atoms with Crippen LogP contribution in [0.3, 0.4) is 0 Å². The Morgan fingerprint density at radius 2 is 2.09 bits per heavy atom. The fourth-order valence-electron chi connectivity index (χ4n) is 1.82. The van der Waals surface area contributed by atoms with Crippen LogP contribution in [0.1, 0.15) is 23.5 Å². The lowest BCUT2D eigenvalue weighted by Crippen LogP contribution is -2.31. The molecule has 0 aliphatic rings. The molecule has 0 spiro atoms. The summed E-state index contributed by atoms with van der Waals surface area (Å²) in [5, 5.41) is 14.0. The van der Waals surface area contributed by atoms with Gasteiger partial charge in [0.1, 0.15) is 4.88 Å². The summed E-state index contributed by atoms with van der Waals surface area (Å²) in [7, 11) is 0. The van der Waals surface area contributed by atoms with Gasteiger partial charge in [0.25, 0.3) is 11.6 Å². The molecule has 1 aromatic heterocycles. The van der Waals surface area contributed by atoms with Gasteiger partial charge in [0.15, 0.2) is 6.61 Å². The molecule has 122 valence electrons. The third-order valence-corrected chi connectivity index (χ3v) is 4.05. The smallest absolute Gasteiger partial charge is 0.348 e. The summed E-state index contributed by atoms with van der Waals surface area (Å²) in [4.78, 5) is 34.0. The van der Waals surface area contributed by atoms with Crippen molar-refractivity contribution in [3.8, 4) is 0 Å². The molecule has 8 heteroatoms. The van der Waals surface area contributed by atoms with Crippen LogP contribution in [-0.4, -0.2) is 30.0 Å². The van der Waals surface area contributed by atoms with Crippen LogP contribution in [-0.2, 0) is 9.53 Å². The van der Waals surface area contributed by atoms with Crippen molar-refractivity contribution in [3.05, 3.63) is 39.3 Å². The molecule has 1 amide bonds. The lowest BCUT2D eigenvalue weighted by atomic mass is 10.2. The van der Waals surface area contributed by atoms with Crippen LogP contribution in [0.25, 0.3) is 10.1 Å². The molecule has 0 bridgehead atoms. The second-order valence-electron chi connectivity index (χ2n) is 5.36. The molecule has 1 N–H and O–H groups in total. The SMILES string of the molecule is CC(C)CNC(=O)COC(=O)c1cc2cc([N+](=O)[O-])ccc2s1. The number of thiophene rings is 1. The molecule has 23 heavy (non-hydrogen) atoms. The zero-order chi connectivity index (χ0) is 17.0. The molecule has 0 fully saturated rings. The number of nitrogens with zero attached hydrogens (tertiary/aromatic N) is 1. The van der Waals surface area contributed by atoms with Crippen molar-refractivity contribution >= 4 is 39.0 Å². The van der Waals surface area contributed by atoms with Crippen molar-refractivity contribution in [2.24, 2.45) is 5.92 Å². The quantitative estimate of drug-likeness (QED) is 0.497. The highest BCUT2D eigenvalue weighted by Crippen LogP contribution is 2.29. The molecule has 2 rings (SSSR count). The van der Waals surface area contributed by atoms with E-state index in [-0.39, 0.29) is 18.2 Å². The molecular formula is C15H16N2O5S. The third-order valence-electron chi connectivity index (χ3n) is 2.95. The second-order valence-corrected chi connectivity index (χ2v) is 6.45. The first-order valence-electron chi connectivity index (χ1n) is 6.98. The molecular weight excluding hydrogens is 320 g/mol. The number of hydrogen-bond acceptors (Lipinski definition) is 6. The number of nitro benzene ring substituents is 1. The predicted molar refractivity (Wildman–Crippen MR) is 86.6 cm³/mol. The molecule has 0 saturated heterocycles. The van der Waals surface area contributed by atoms with Crippen molar-refractivity contribution in [1.82, 2.24) is 5.32 Å². The zero-order valence-corrected chi connectivity index (χ0v) is 13.5. The maximum atomic E-state index is 12.0. The lowest BCUT2D eigenvalue weighted by Gasteiger charge is -2.07. The number of non-ortho nitro benzene ring substituents is 1. The highest BCUT2D eigenvalue weighted by atomic mass is 32.1. The van der Waals surface area contributed by atoms with Gasteiger partial charge in [0, 0.05) is 28.8 Å². The highest BCUT2D eigenvalue weighted by molar-refractivity contribution is 7.20. The fraction of sp³-hybridized carbons (Fsp3) is 0.333. The number of fused-ring (bicyclic) bond motifs is 1. The van der Waals surface area contributed by atoms with E-state index in [1.165, 1.54) is 29.5 Å². The topological polar surface area (TPSA) is 98.5 Å². The molecule has 7 nitrogen and oxygen atoms in total. The summed E-state index contributed by atoms with van der Waals surface area (Å²) in [5.74, 6) is -0.662. The van der Waals surface area contributed by atoms with Crippen LogP contribution in [0, 0.1) is 16.0 Å². The number of amides is 1. The van der Waals surface area contributed by atoms with Gasteiger partial charge in [0.05, 0.1) is 4.92 Å². The Bertz CT molecular complexity index is 753. The standard InChI is InChI=1S/C15H16N2O5S/c1-9(2)7-16-14(18)8-22-15(19)13-6-10-5-11(17(20)21)3-4-12(10)23-13/h3-6,9H,7-8H2,1-2H3,(H,16,18). The third kappa shape index (κ3) is 4.49. The van der Waals surface area contributed by atoms with Gasteiger partial charge in [-0.1, -0.05) is 13.8 Å². The average molecular weight is 336 g/mol. The lowest BCUT2D eigenvalue weighted by molar-refractivity contribution is -0.384. The Hall–Kier alpha value is -2.48. The van der Waals surface area contributed by atoms with Crippen molar-refractivity contribution in [2.75, 3.05) is 13.2 Å². The van der Waals surface area contributed by atoms with Crippen molar-refractivity contribution in [2.45, 2.75) is 13.8 Å².